The van der Waals surface area contributed by atoms with Crippen LogP contribution in [0.5, 0.6) is 0 Å². The Kier molecular flexibility index (Phi) is 4.69. The summed E-state index contributed by atoms with van der Waals surface area (Å²) in [6.07, 6.45) is 0. The monoisotopic (exact) mass is 239 g/mol. The van der Waals surface area contributed by atoms with Crippen LogP contribution >= 0.6 is 0 Å². The summed E-state index contributed by atoms with van der Waals surface area (Å²) in [5, 5.41) is 7.51. The number of aromatic nitrogens is 2. The number of hydrogen-bond donors (Lipinski definition) is 1. The van der Waals surface area contributed by atoms with Gasteiger partial charge in [-0.05, 0) is 34.7 Å². The topological polar surface area (TPSA) is 56.2 Å². The van der Waals surface area contributed by atoms with E-state index in [4.69, 9.17) is 4.74 Å². The van der Waals surface area contributed by atoms with Crippen LogP contribution in [0.15, 0.2) is 0 Å². The lowest BCUT2D eigenvalue weighted by molar-refractivity contribution is -0.146. The fraction of sp³-hybridized carbons (Fsp3) is 0.667. The third-order valence-corrected chi connectivity index (χ3v) is 2.82. The van der Waals surface area contributed by atoms with E-state index in [-0.39, 0.29) is 12.0 Å². The number of ether oxygens (including phenoxy) is 1. The molecule has 0 fully saturated rings. The molecule has 5 nitrogen and oxygen atoms in total. The zero-order valence-corrected chi connectivity index (χ0v) is 11.2. The number of nitrogens with one attached hydrogen (secondary N) is 1. The van der Waals surface area contributed by atoms with Crippen LogP contribution < -0.4 is 5.32 Å². The normalized spacial score (nSPS) is 12.5. The molecular weight excluding hydrogens is 218 g/mol. The Bertz CT molecular complexity index is 399. The van der Waals surface area contributed by atoms with Gasteiger partial charge in [0.2, 0.25) is 0 Å². The molecule has 1 N–H and O–H groups in total. The van der Waals surface area contributed by atoms with Gasteiger partial charge in [-0.3, -0.25) is 4.68 Å². The van der Waals surface area contributed by atoms with Crippen LogP contribution in [0.2, 0.25) is 0 Å². The molecule has 1 unspecified atom stereocenters. The maximum atomic E-state index is 11.7. The van der Waals surface area contributed by atoms with E-state index in [0.29, 0.717) is 6.61 Å². The summed E-state index contributed by atoms with van der Waals surface area (Å²) in [5.74, 6) is -0.242. The largest absolute Gasteiger partial charge is 0.464 e. The molecule has 0 radical (unpaired) electrons. The molecule has 0 aromatic carbocycles. The second kappa shape index (κ2) is 5.82. The lowest BCUT2D eigenvalue weighted by atomic mass is 10.2. The van der Waals surface area contributed by atoms with Crippen LogP contribution in [-0.4, -0.2) is 29.4 Å². The van der Waals surface area contributed by atoms with Crippen molar-refractivity contribution in [3.05, 3.63) is 17.0 Å². The first-order chi connectivity index (χ1) is 8.02. The average Bonchev–Trinajstić information content (AvgIpc) is 2.57. The molecule has 0 saturated carbocycles. The maximum absolute atomic E-state index is 11.7. The number of carbonyl (C=O) groups is 1. The third-order valence-electron chi connectivity index (χ3n) is 2.82. The molecule has 0 amide bonds. The lowest BCUT2D eigenvalue weighted by Crippen LogP contribution is -2.21. The van der Waals surface area contributed by atoms with Gasteiger partial charge in [-0.2, -0.15) is 5.10 Å². The van der Waals surface area contributed by atoms with Gasteiger partial charge in [-0.15, -0.1) is 0 Å². The van der Waals surface area contributed by atoms with Crippen molar-refractivity contribution in [2.24, 2.45) is 0 Å². The maximum Gasteiger partial charge on any atom is 0.330 e. The summed E-state index contributed by atoms with van der Waals surface area (Å²) in [6.45, 7) is 8.69. The van der Waals surface area contributed by atoms with Crippen LogP contribution in [0.4, 0.5) is 0 Å². The average molecular weight is 239 g/mol. The third kappa shape index (κ3) is 2.85. The summed E-state index contributed by atoms with van der Waals surface area (Å²) in [5.41, 5.74) is 3.11. The van der Waals surface area contributed by atoms with Crippen molar-refractivity contribution < 1.29 is 9.53 Å². The number of carbonyl (C=O) groups excluding carboxylic acids is 1. The van der Waals surface area contributed by atoms with Gasteiger partial charge in [0.15, 0.2) is 0 Å². The van der Waals surface area contributed by atoms with E-state index in [2.05, 4.69) is 10.4 Å². The number of rotatable bonds is 5. The molecule has 96 valence electrons. The van der Waals surface area contributed by atoms with Crippen molar-refractivity contribution >= 4 is 5.97 Å². The summed E-state index contributed by atoms with van der Waals surface area (Å²) in [6, 6.07) is -0.376. The van der Waals surface area contributed by atoms with E-state index in [1.807, 2.05) is 20.9 Å². The lowest BCUT2D eigenvalue weighted by Gasteiger charge is -2.13. The van der Waals surface area contributed by atoms with E-state index in [1.54, 1.807) is 18.5 Å². The van der Waals surface area contributed by atoms with Gasteiger partial charge in [-0.25, -0.2) is 4.79 Å². The zero-order chi connectivity index (χ0) is 13.0. The smallest absolute Gasteiger partial charge is 0.330 e. The van der Waals surface area contributed by atoms with E-state index < -0.39 is 0 Å². The SMILES string of the molecule is CCOC(=O)C(C)n1nc(C)c(CNC)c1C. The van der Waals surface area contributed by atoms with Crippen molar-refractivity contribution in [1.82, 2.24) is 15.1 Å². The van der Waals surface area contributed by atoms with Crippen molar-refractivity contribution in [2.45, 2.75) is 40.3 Å². The summed E-state index contributed by atoms with van der Waals surface area (Å²) < 4.78 is 6.74. The quantitative estimate of drug-likeness (QED) is 0.788. The number of hydrogen-bond acceptors (Lipinski definition) is 4. The standard InChI is InChI=1S/C12H21N3O2/c1-6-17-12(16)10(4)15-9(3)11(7-13-5)8(2)14-15/h10,13H,6-7H2,1-5H3. The molecule has 1 rings (SSSR count). The summed E-state index contributed by atoms with van der Waals surface area (Å²) >= 11 is 0. The minimum absolute atomic E-state index is 0.242. The van der Waals surface area contributed by atoms with Gasteiger partial charge >= 0.3 is 5.97 Å². The Labute approximate surface area is 102 Å². The predicted octanol–water partition coefficient (Wildman–Crippen LogP) is 1.34. The summed E-state index contributed by atoms with van der Waals surface area (Å²) in [7, 11) is 1.89. The first-order valence-corrected chi connectivity index (χ1v) is 5.88. The second-order valence-electron chi connectivity index (χ2n) is 4.05. The van der Waals surface area contributed by atoms with Crippen LogP contribution in [0.25, 0.3) is 0 Å². The Morgan fingerprint density at radius 2 is 2.18 bits per heavy atom. The number of esters is 1. The molecule has 1 aromatic rings. The highest BCUT2D eigenvalue weighted by Gasteiger charge is 2.21. The highest BCUT2D eigenvalue weighted by atomic mass is 16.5. The van der Waals surface area contributed by atoms with Crippen LogP contribution in [0, 0.1) is 13.8 Å². The summed E-state index contributed by atoms with van der Waals surface area (Å²) in [4.78, 5) is 11.7. The fourth-order valence-corrected chi connectivity index (χ4v) is 1.87. The molecule has 0 aliphatic heterocycles. The van der Waals surface area contributed by atoms with E-state index in [9.17, 15) is 4.79 Å². The Morgan fingerprint density at radius 3 is 2.71 bits per heavy atom. The van der Waals surface area contributed by atoms with Gasteiger partial charge in [-0.1, -0.05) is 0 Å². The van der Waals surface area contributed by atoms with Crippen LogP contribution in [0.3, 0.4) is 0 Å². The first kappa shape index (κ1) is 13.7. The van der Waals surface area contributed by atoms with Gasteiger partial charge in [0, 0.05) is 17.8 Å². The van der Waals surface area contributed by atoms with E-state index in [0.717, 1.165) is 23.5 Å². The molecule has 1 aromatic heterocycles. The van der Waals surface area contributed by atoms with E-state index >= 15 is 0 Å². The highest BCUT2D eigenvalue weighted by Crippen LogP contribution is 2.18. The van der Waals surface area contributed by atoms with Crippen LogP contribution in [0.1, 0.15) is 36.8 Å². The zero-order valence-electron chi connectivity index (χ0n) is 11.2. The molecule has 0 spiro atoms. The highest BCUT2D eigenvalue weighted by molar-refractivity contribution is 5.73. The molecule has 1 atom stereocenters. The molecule has 17 heavy (non-hydrogen) atoms. The fourth-order valence-electron chi connectivity index (χ4n) is 1.87. The van der Waals surface area contributed by atoms with Crippen LogP contribution in [-0.2, 0) is 16.1 Å². The Morgan fingerprint density at radius 1 is 1.53 bits per heavy atom. The van der Waals surface area contributed by atoms with Gasteiger partial charge in [0.25, 0.3) is 0 Å². The Balaban J connectivity index is 2.98. The van der Waals surface area contributed by atoms with Crippen molar-refractivity contribution in [3.63, 3.8) is 0 Å². The molecule has 0 bridgehead atoms. The van der Waals surface area contributed by atoms with Gasteiger partial charge in [0.1, 0.15) is 6.04 Å². The van der Waals surface area contributed by atoms with Crippen molar-refractivity contribution in [2.75, 3.05) is 13.7 Å². The van der Waals surface area contributed by atoms with Gasteiger partial charge < -0.3 is 10.1 Å². The molecule has 5 heteroatoms. The number of nitrogens with zero attached hydrogens (tertiary/aromatic N) is 2. The molecular formula is C12H21N3O2. The minimum Gasteiger partial charge on any atom is -0.464 e. The Hall–Kier alpha value is -1.36. The molecule has 0 saturated heterocycles. The molecule has 0 aliphatic rings. The first-order valence-electron chi connectivity index (χ1n) is 5.88. The van der Waals surface area contributed by atoms with E-state index in [1.165, 1.54) is 0 Å². The molecule has 1 heterocycles. The van der Waals surface area contributed by atoms with Crippen molar-refractivity contribution in [1.29, 1.82) is 0 Å². The minimum atomic E-state index is -0.376. The molecule has 0 aliphatic carbocycles. The van der Waals surface area contributed by atoms with Crippen molar-refractivity contribution in [3.8, 4) is 0 Å². The predicted molar refractivity (Wildman–Crippen MR) is 65.8 cm³/mol. The second-order valence-corrected chi connectivity index (χ2v) is 4.05. The van der Waals surface area contributed by atoms with Gasteiger partial charge in [0.05, 0.1) is 12.3 Å². The number of aryl methyl sites for hydroxylation is 1.